The van der Waals surface area contributed by atoms with Crippen LogP contribution in [0.3, 0.4) is 0 Å². The van der Waals surface area contributed by atoms with Gasteiger partial charge in [-0.15, -0.1) is 11.3 Å². The minimum atomic E-state index is -0.0829. The molecule has 1 aromatic heterocycles. The van der Waals surface area contributed by atoms with Crippen molar-refractivity contribution < 1.29 is 14.3 Å². The van der Waals surface area contributed by atoms with Crippen LogP contribution in [-0.2, 0) is 6.42 Å². The third-order valence-electron chi connectivity index (χ3n) is 5.00. The van der Waals surface area contributed by atoms with E-state index in [1.807, 2.05) is 53.4 Å². The Bertz CT molecular complexity index is 931. The van der Waals surface area contributed by atoms with Crippen LogP contribution in [0, 0.1) is 0 Å². The number of carbonyl (C=O) groups excluding carboxylic acids is 1. The molecule has 1 unspecified atom stereocenters. The highest BCUT2D eigenvalue weighted by Crippen LogP contribution is 2.39. The van der Waals surface area contributed by atoms with Crippen molar-refractivity contribution in [3.05, 3.63) is 81.5 Å². The molecular weight excluding hydrogens is 358 g/mol. The van der Waals surface area contributed by atoms with E-state index in [1.54, 1.807) is 25.6 Å². The Morgan fingerprint density at radius 2 is 1.59 bits per heavy atom. The molecule has 2 heterocycles. The van der Waals surface area contributed by atoms with Crippen LogP contribution in [0.15, 0.2) is 60.0 Å². The van der Waals surface area contributed by atoms with Gasteiger partial charge in [0.2, 0.25) is 0 Å². The molecule has 2 aromatic carbocycles. The zero-order chi connectivity index (χ0) is 18.8. The predicted octanol–water partition coefficient (Wildman–Crippen LogP) is 4.55. The largest absolute Gasteiger partial charge is 0.497 e. The summed E-state index contributed by atoms with van der Waals surface area (Å²) in [6.07, 6.45) is 0.890. The number of ether oxygens (including phenoxy) is 2. The molecule has 3 aromatic rings. The van der Waals surface area contributed by atoms with Crippen molar-refractivity contribution in [2.45, 2.75) is 12.5 Å². The molecular formula is C22H21NO3S. The van der Waals surface area contributed by atoms with Crippen molar-refractivity contribution in [1.82, 2.24) is 4.90 Å². The Labute approximate surface area is 163 Å². The van der Waals surface area contributed by atoms with Gasteiger partial charge in [0, 0.05) is 17.0 Å². The Kier molecular flexibility index (Phi) is 4.86. The van der Waals surface area contributed by atoms with Crippen molar-refractivity contribution in [2.75, 3.05) is 20.8 Å². The number of benzene rings is 2. The summed E-state index contributed by atoms with van der Waals surface area (Å²) < 4.78 is 10.5. The van der Waals surface area contributed by atoms with Crippen molar-refractivity contribution in [3.63, 3.8) is 0 Å². The Morgan fingerprint density at radius 3 is 2.22 bits per heavy atom. The van der Waals surface area contributed by atoms with Crippen molar-refractivity contribution in [3.8, 4) is 11.5 Å². The summed E-state index contributed by atoms with van der Waals surface area (Å²) in [6.45, 7) is 0.703. The maximum absolute atomic E-state index is 13.3. The molecule has 5 heteroatoms. The molecule has 0 bridgehead atoms. The summed E-state index contributed by atoms with van der Waals surface area (Å²) in [6, 6.07) is 17.4. The Balaban J connectivity index is 1.72. The van der Waals surface area contributed by atoms with E-state index in [4.69, 9.17) is 9.47 Å². The third kappa shape index (κ3) is 3.30. The van der Waals surface area contributed by atoms with E-state index >= 15 is 0 Å². The molecule has 0 aliphatic carbocycles. The molecule has 27 heavy (non-hydrogen) atoms. The highest BCUT2D eigenvalue weighted by Gasteiger charge is 2.33. The van der Waals surface area contributed by atoms with E-state index in [0.29, 0.717) is 12.1 Å². The van der Waals surface area contributed by atoms with Crippen LogP contribution in [0.1, 0.15) is 32.4 Å². The molecule has 1 aliphatic heterocycles. The summed E-state index contributed by atoms with van der Waals surface area (Å²) in [5.74, 6) is 1.60. The predicted molar refractivity (Wildman–Crippen MR) is 107 cm³/mol. The fraction of sp³-hybridized carbons (Fsp3) is 0.227. The van der Waals surface area contributed by atoms with Crippen LogP contribution >= 0.6 is 11.3 Å². The van der Waals surface area contributed by atoms with E-state index < -0.39 is 0 Å². The zero-order valence-electron chi connectivity index (χ0n) is 15.3. The fourth-order valence-electron chi connectivity index (χ4n) is 3.58. The lowest BCUT2D eigenvalue weighted by Crippen LogP contribution is -2.40. The van der Waals surface area contributed by atoms with Crippen LogP contribution in [0.4, 0.5) is 0 Å². The smallest absolute Gasteiger partial charge is 0.254 e. The molecule has 0 saturated heterocycles. The first-order chi connectivity index (χ1) is 13.2. The number of thiophene rings is 1. The lowest BCUT2D eigenvalue weighted by Gasteiger charge is -2.36. The van der Waals surface area contributed by atoms with E-state index in [0.717, 1.165) is 23.5 Å². The van der Waals surface area contributed by atoms with Crippen LogP contribution in [-0.4, -0.2) is 31.6 Å². The van der Waals surface area contributed by atoms with Gasteiger partial charge in [0.05, 0.1) is 20.3 Å². The minimum Gasteiger partial charge on any atom is -0.497 e. The molecule has 0 fully saturated rings. The van der Waals surface area contributed by atoms with Gasteiger partial charge in [0.1, 0.15) is 11.5 Å². The first kappa shape index (κ1) is 17.6. The number of carbonyl (C=O) groups is 1. The van der Waals surface area contributed by atoms with E-state index in [-0.39, 0.29) is 11.9 Å². The van der Waals surface area contributed by atoms with Crippen LogP contribution in [0.2, 0.25) is 0 Å². The highest BCUT2D eigenvalue weighted by molar-refractivity contribution is 7.10. The summed E-state index contributed by atoms with van der Waals surface area (Å²) >= 11 is 1.77. The van der Waals surface area contributed by atoms with Crippen LogP contribution < -0.4 is 9.47 Å². The summed E-state index contributed by atoms with van der Waals surface area (Å²) in [7, 11) is 3.28. The Morgan fingerprint density at radius 1 is 0.963 bits per heavy atom. The Hall–Kier alpha value is -2.79. The maximum Gasteiger partial charge on any atom is 0.254 e. The third-order valence-corrected chi connectivity index (χ3v) is 5.99. The molecule has 0 radical (unpaired) electrons. The topological polar surface area (TPSA) is 38.8 Å². The maximum atomic E-state index is 13.3. The van der Waals surface area contributed by atoms with Crippen LogP contribution in [0.5, 0.6) is 11.5 Å². The standard InChI is InChI=1S/C22H21NO3S/c1-25-17-7-3-15(4-8-17)21-19-12-14-27-20(19)11-13-23(21)22(24)16-5-9-18(26-2)10-6-16/h3-10,12,14,21H,11,13H2,1-2H3. The molecule has 4 rings (SSSR count). The second-order valence-corrected chi connectivity index (χ2v) is 7.45. The van der Waals surface area contributed by atoms with Gasteiger partial charge >= 0.3 is 0 Å². The first-order valence-electron chi connectivity index (χ1n) is 8.86. The van der Waals surface area contributed by atoms with Crippen molar-refractivity contribution >= 4 is 17.2 Å². The fourth-order valence-corrected chi connectivity index (χ4v) is 4.48. The number of methoxy groups -OCH3 is 2. The molecule has 0 saturated carbocycles. The summed E-state index contributed by atoms with van der Waals surface area (Å²) in [5, 5.41) is 2.11. The molecule has 0 N–H and O–H groups in total. The number of amides is 1. The normalized spacial score (nSPS) is 15.9. The number of nitrogens with zero attached hydrogens (tertiary/aromatic N) is 1. The summed E-state index contributed by atoms with van der Waals surface area (Å²) in [4.78, 5) is 16.6. The quantitative estimate of drug-likeness (QED) is 0.667. The van der Waals surface area contributed by atoms with Gasteiger partial charge in [-0.3, -0.25) is 4.79 Å². The number of fused-ring (bicyclic) bond motifs is 1. The monoisotopic (exact) mass is 379 g/mol. The second kappa shape index (κ2) is 7.45. The first-order valence-corrected chi connectivity index (χ1v) is 9.74. The van der Waals surface area contributed by atoms with Gasteiger partial charge < -0.3 is 14.4 Å². The second-order valence-electron chi connectivity index (χ2n) is 6.45. The zero-order valence-corrected chi connectivity index (χ0v) is 16.2. The van der Waals surface area contributed by atoms with E-state index in [2.05, 4.69) is 11.4 Å². The van der Waals surface area contributed by atoms with E-state index in [1.165, 1.54) is 10.4 Å². The van der Waals surface area contributed by atoms with Gasteiger partial charge in [0.15, 0.2) is 0 Å². The molecule has 1 aliphatic rings. The molecule has 4 nitrogen and oxygen atoms in total. The average Bonchev–Trinajstić information content (AvgIpc) is 3.21. The summed E-state index contributed by atoms with van der Waals surface area (Å²) in [5.41, 5.74) is 2.99. The van der Waals surface area contributed by atoms with Crippen LogP contribution in [0.25, 0.3) is 0 Å². The number of hydrogen-bond acceptors (Lipinski definition) is 4. The molecule has 138 valence electrons. The minimum absolute atomic E-state index is 0.0373. The van der Waals surface area contributed by atoms with Gasteiger partial charge in [0.25, 0.3) is 5.91 Å². The molecule has 0 spiro atoms. The molecule has 1 atom stereocenters. The average molecular weight is 379 g/mol. The van der Waals surface area contributed by atoms with Gasteiger partial charge in [-0.25, -0.2) is 0 Å². The number of rotatable bonds is 4. The van der Waals surface area contributed by atoms with Gasteiger partial charge in [-0.1, -0.05) is 12.1 Å². The van der Waals surface area contributed by atoms with E-state index in [9.17, 15) is 4.79 Å². The molecule has 1 amide bonds. The van der Waals surface area contributed by atoms with Crippen molar-refractivity contribution in [2.24, 2.45) is 0 Å². The lowest BCUT2D eigenvalue weighted by molar-refractivity contribution is 0.0696. The highest BCUT2D eigenvalue weighted by atomic mass is 32.1. The SMILES string of the molecule is COc1ccc(C(=O)N2CCc3sccc3C2c2ccc(OC)cc2)cc1. The lowest BCUT2D eigenvalue weighted by atomic mass is 9.92. The van der Waals surface area contributed by atoms with Gasteiger partial charge in [-0.2, -0.15) is 0 Å². The number of hydrogen-bond donors (Lipinski definition) is 0. The van der Waals surface area contributed by atoms with Gasteiger partial charge in [-0.05, 0) is 65.4 Å². The van der Waals surface area contributed by atoms with Crippen molar-refractivity contribution in [1.29, 1.82) is 0 Å².